The van der Waals surface area contributed by atoms with Gasteiger partial charge in [0, 0.05) is 0 Å². The first kappa shape index (κ1) is 18.0. The molecule has 0 aliphatic rings. The summed E-state index contributed by atoms with van der Waals surface area (Å²) in [7, 11) is 0. The Hall–Kier alpha value is -2.01. The smallest absolute Gasteiger partial charge is 0.366 e. The molecule has 0 atom stereocenters. The van der Waals surface area contributed by atoms with Crippen LogP contribution in [0.3, 0.4) is 0 Å². The van der Waals surface area contributed by atoms with Gasteiger partial charge in [-0.3, -0.25) is 4.79 Å². The molecule has 0 radical (unpaired) electrons. The maximum Gasteiger partial charge on any atom is 0.416 e. The fraction of sp³-hybridized carbons (Fsp3) is 0.188. The van der Waals surface area contributed by atoms with Gasteiger partial charge < -0.3 is 5.73 Å². The van der Waals surface area contributed by atoms with Crippen LogP contribution in [0.1, 0.15) is 27.0 Å². The molecular formula is C16H15ClF3NO. The number of rotatable bonds is 1. The maximum atomic E-state index is 11.9. The minimum absolute atomic E-state index is 0.411. The molecule has 6 heteroatoms. The highest BCUT2D eigenvalue weighted by atomic mass is 35.5. The Kier molecular flexibility index (Phi) is 6.00. The van der Waals surface area contributed by atoms with Crippen molar-refractivity contribution in [3.8, 4) is 0 Å². The number of carbonyl (C=O) groups excluding carboxylic acids is 1. The zero-order valence-electron chi connectivity index (χ0n) is 12.0. The Labute approximate surface area is 131 Å². The number of aryl methyl sites for hydroxylation is 2. The number of carbonyl (C=O) groups is 1. The van der Waals surface area contributed by atoms with Gasteiger partial charge in [-0.1, -0.05) is 41.4 Å². The highest BCUT2D eigenvalue weighted by Crippen LogP contribution is 2.28. The van der Waals surface area contributed by atoms with E-state index in [2.05, 4.69) is 0 Å². The lowest BCUT2D eigenvalue weighted by Gasteiger charge is -2.05. The molecule has 118 valence electrons. The largest absolute Gasteiger partial charge is 0.416 e. The van der Waals surface area contributed by atoms with Crippen LogP contribution in [-0.2, 0) is 6.18 Å². The van der Waals surface area contributed by atoms with Crippen molar-refractivity contribution >= 4 is 17.5 Å². The van der Waals surface area contributed by atoms with Crippen LogP contribution < -0.4 is 5.73 Å². The lowest BCUT2D eigenvalue weighted by atomic mass is 10.1. The lowest BCUT2D eigenvalue weighted by Crippen LogP contribution is -2.13. The minimum Gasteiger partial charge on any atom is -0.366 e. The van der Waals surface area contributed by atoms with Crippen molar-refractivity contribution < 1.29 is 18.0 Å². The van der Waals surface area contributed by atoms with Crippen LogP contribution >= 0.6 is 11.6 Å². The van der Waals surface area contributed by atoms with E-state index in [1.807, 2.05) is 0 Å². The van der Waals surface area contributed by atoms with Crippen LogP contribution in [0.4, 0.5) is 13.2 Å². The molecule has 0 bridgehead atoms. The highest BCUT2D eigenvalue weighted by Gasteiger charge is 2.29. The monoisotopic (exact) mass is 329 g/mol. The van der Waals surface area contributed by atoms with Gasteiger partial charge in [0.25, 0.3) is 0 Å². The van der Waals surface area contributed by atoms with Gasteiger partial charge in [-0.15, -0.1) is 0 Å². The minimum atomic E-state index is -4.21. The van der Waals surface area contributed by atoms with Crippen LogP contribution in [-0.4, -0.2) is 5.91 Å². The van der Waals surface area contributed by atoms with Crippen LogP contribution in [0.15, 0.2) is 42.5 Å². The highest BCUT2D eigenvalue weighted by molar-refractivity contribution is 6.34. The van der Waals surface area contributed by atoms with Gasteiger partial charge in [0.05, 0.1) is 16.1 Å². The van der Waals surface area contributed by atoms with E-state index in [-0.39, 0.29) is 0 Å². The van der Waals surface area contributed by atoms with Crippen molar-refractivity contribution in [3.63, 3.8) is 0 Å². The fourth-order valence-electron chi connectivity index (χ4n) is 1.69. The molecule has 0 aromatic heterocycles. The third kappa shape index (κ3) is 5.07. The van der Waals surface area contributed by atoms with Crippen molar-refractivity contribution in [1.82, 2.24) is 0 Å². The number of alkyl halides is 3. The van der Waals surface area contributed by atoms with E-state index < -0.39 is 17.6 Å². The molecule has 2 aromatic rings. The van der Waals surface area contributed by atoms with E-state index in [4.69, 9.17) is 17.3 Å². The topological polar surface area (TPSA) is 43.1 Å². The molecule has 2 nitrogen and oxygen atoms in total. The second kappa shape index (κ2) is 7.31. The van der Waals surface area contributed by atoms with Crippen LogP contribution in [0.2, 0.25) is 5.02 Å². The van der Waals surface area contributed by atoms with Gasteiger partial charge in [-0.05, 0) is 37.6 Å². The SMILES string of the molecule is Cc1ccc(C(F)(F)F)cc1.Cc1cccc(Cl)c1C(N)=O. The lowest BCUT2D eigenvalue weighted by molar-refractivity contribution is -0.137. The first-order chi connectivity index (χ1) is 10.1. The first-order valence-electron chi connectivity index (χ1n) is 6.31. The van der Waals surface area contributed by atoms with E-state index in [0.717, 1.165) is 23.3 Å². The molecule has 1 amide bonds. The predicted molar refractivity (Wildman–Crippen MR) is 80.9 cm³/mol. The van der Waals surface area contributed by atoms with Gasteiger partial charge in [0.15, 0.2) is 0 Å². The van der Waals surface area contributed by atoms with Crippen LogP contribution in [0.5, 0.6) is 0 Å². The van der Waals surface area contributed by atoms with Gasteiger partial charge in [-0.2, -0.15) is 13.2 Å². The molecule has 0 fully saturated rings. The van der Waals surface area contributed by atoms with Gasteiger partial charge in [0.1, 0.15) is 0 Å². The van der Waals surface area contributed by atoms with Gasteiger partial charge in [0.2, 0.25) is 5.91 Å². The average molecular weight is 330 g/mol. The zero-order chi connectivity index (χ0) is 16.9. The normalized spacial score (nSPS) is 10.6. The van der Waals surface area contributed by atoms with E-state index in [9.17, 15) is 18.0 Å². The van der Waals surface area contributed by atoms with Crippen molar-refractivity contribution in [2.45, 2.75) is 20.0 Å². The Balaban J connectivity index is 0.000000220. The summed E-state index contributed by atoms with van der Waals surface area (Å²) < 4.78 is 35.8. The molecule has 0 saturated carbocycles. The Bertz CT molecular complexity index is 631. The maximum absolute atomic E-state index is 11.9. The average Bonchev–Trinajstić information content (AvgIpc) is 2.38. The van der Waals surface area contributed by atoms with Crippen molar-refractivity contribution in [3.05, 3.63) is 69.7 Å². The Morgan fingerprint density at radius 3 is 1.95 bits per heavy atom. The zero-order valence-corrected chi connectivity index (χ0v) is 12.8. The number of amides is 1. The Morgan fingerprint density at radius 1 is 1.05 bits per heavy atom. The molecule has 0 unspecified atom stereocenters. The third-order valence-electron chi connectivity index (χ3n) is 2.85. The summed E-state index contributed by atoms with van der Waals surface area (Å²) in [6.45, 7) is 3.55. The summed E-state index contributed by atoms with van der Waals surface area (Å²) in [4.78, 5) is 10.8. The summed E-state index contributed by atoms with van der Waals surface area (Å²) in [6.07, 6.45) is -4.21. The Morgan fingerprint density at radius 2 is 1.59 bits per heavy atom. The summed E-state index contributed by atoms with van der Waals surface area (Å²) >= 11 is 5.72. The second-order valence-electron chi connectivity index (χ2n) is 4.66. The number of halogens is 4. The second-order valence-corrected chi connectivity index (χ2v) is 5.07. The molecule has 2 N–H and O–H groups in total. The molecule has 0 aliphatic carbocycles. The van der Waals surface area contributed by atoms with E-state index in [0.29, 0.717) is 10.6 Å². The molecular weight excluding hydrogens is 315 g/mol. The summed E-state index contributed by atoms with van der Waals surface area (Å²) in [6, 6.07) is 10.3. The summed E-state index contributed by atoms with van der Waals surface area (Å²) in [5.74, 6) is -0.479. The van der Waals surface area contributed by atoms with Crippen molar-refractivity contribution in [1.29, 1.82) is 0 Å². The molecule has 0 saturated heterocycles. The molecule has 0 aliphatic heterocycles. The molecule has 2 aromatic carbocycles. The van der Waals surface area contributed by atoms with Crippen molar-refractivity contribution in [2.24, 2.45) is 5.73 Å². The molecule has 0 spiro atoms. The van der Waals surface area contributed by atoms with Crippen molar-refractivity contribution in [2.75, 3.05) is 0 Å². The standard InChI is InChI=1S/C8H8ClNO.C8H7F3/c1-5-3-2-4-6(9)7(5)8(10)11;1-6-2-4-7(5-3-6)8(9,10)11/h2-4H,1H3,(H2,10,11);2-5H,1H3. The predicted octanol–water partition coefficient (Wildman–Crippen LogP) is 4.76. The molecule has 22 heavy (non-hydrogen) atoms. The van der Waals surface area contributed by atoms with E-state index >= 15 is 0 Å². The number of nitrogens with two attached hydrogens (primary N) is 1. The number of primary amides is 1. The van der Waals surface area contributed by atoms with Gasteiger partial charge in [-0.25, -0.2) is 0 Å². The third-order valence-corrected chi connectivity index (χ3v) is 3.16. The summed E-state index contributed by atoms with van der Waals surface area (Å²) in [5.41, 5.74) is 6.55. The first-order valence-corrected chi connectivity index (χ1v) is 6.69. The number of hydrogen-bond acceptors (Lipinski definition) is 1. The fourth-order valence-corrected chi connectivity index (χ4v) is 2.00. The van der Waals surface area contributed by atoms with E-state index in [1.165, 1.54) is 12.1 Å². The quantitative estimate of drug-likeness (QED) is 0.805. The van der Waals surface area contributed by atoms with E-state index in [1.54, 1.807) is 32.0 Å². The van der Waals surface area contributed by atoms with Gasteiger partial charge >= 0.3 is 6.18 Å². The number of benzene rings is 2. The number of hydrogen-bond donors (Lipinski definition) is 1. The van der Waals surface area contributed by atoms with Crippen LogP contribution in [0, 0.1) is 13.8 Å². The molecule has 2 rings (SSSR count). The summed E-state index contributed by atoms with van der Waals surface area (Å²) in [5, 5.41) is 0.414. The molecule has 0 heterocycles. The van der Waals surface area contributed by atoms with Crippen LogP contribution in [0.25, 0.3) is 0 Å².